The van der Waals surface area contributed by atoms with Crippen molar-refractivity contribution < 1.29 is 4.79 Å². The Kier molecular flexibility index (Phi) is 3.92. The van der Waals surface area contributed by atoms with Crippen LogP contribution in [0.25, 0.3) is 0 Å². The van der Waals surface area contributed by atoms with E-state index in [1.165, 1.54) is 30.5 Å². The van der Waals surface area contributed by atoms with E-state index in [1.54, 1.807) is 0 Å². The van der Waals surface area contributed by atoms with Crippen LogP contribution in [0.5, 0.6) is 0 Å². The molecule has 1 atom stereocenters. The molecule has 1 aliphatic carbocycles. The van der Waals surface area contributed by atoms with Gasteiger partial charge in [-0.25, -0.2) is 0 Å². The molecule has 0 bridgehead atoms. The molecule has 3 nitrogen and oxygen atoms in total. The lowest BCUT2D eigenvalue weighted by Crippen LogP contribution is -2.46. The van der Waals surface area contributed by atoms with Crippen LogP contribution in [0.2, 0.25) is 0 Å². The molecule has 21 heavy (non-hydrogen) atoms. The molecule has 0 spiro atoms. The minimum absolute atomic E-state index is 0.0864. The first-order valence-electron chi connectivity index (χ1n) is 8.24. The first-order valence-corrected chi connectivity index (χ1v) is 8.24. The van der Waals surface area contributed by atoms with Gasteiger partial charge in [0.1, 0.15) is 0 Å². The Morgan fingerprint density at radius 2 is 2.14 bits per heavy atom. The number of carbonyl (C=O) groups is 1. The lowest BCUT2D eigenvalue weighted by atomic mass is 9.73. The summed E-state index contributed by atoms with van der Waals surface area (Å²) >= 11 is 0. The third kappa shape index (κ3) is 3.07. The molecule has 1 unspecified atom stereocenters. The second kappa shape index (κ2) is 5.70. The zero-order valence-corrected chi connectivity index (χ0v) is 13.2. The smallest absolute Gasteiger partial charge is 0.251 e. The highest BCUT2D eigenvalue weighted by molar-refractivity contribution is 5.95. The largest absolute Gasteiger partial charge is 0.385 e. The number of aryl methyl sites for hydroxylation is 1. The molecule has 0 aromatic heterocycles. The summed E-state index contributed by atoms with van der Waals surface area (Å²) in [5, 5.41) is 6.66. The molecule has 1 aromatic rings. The molecule has 1 heterocycles. The normalized spacial score (nSPS) is 23.8. The summed E-state index contributed by atoms with van der Waals surface area (Å²) in [7, 11) is 0. The minimum atomic E-state index is 0.0864. The van der Waals surface area contributed by atoms with Crippen LogP contribution < -0.4 is 10.6 Å². The van der Waals surface area contributed by atoms with Gasteiger partial charge in [-0.05, 0) is 54.9 Å². The van der Waals surface area contributed by atoms with E-state index in [9.17, 15) is 4.79 Å². The molecule has 1 aliphatic heterocycles. The Morgan fingerprint density at radius 1 is 1.29 bits per heavy atom. The van der Waals surface area contributed by atoms with Crippen LogP contribution in [0, 0.1) is 5.41 Å². The van der Waals surface area contributed by atoms with Crippen molar-refractivity contribution >= 4 is 11.6 Å². The monoisotopic (exact) mass is 286 g/mol. The van der Waals surface area contributed by atoms with Gasteiger partial charge in [-0.2, -0.15) is 0 Å². The molecule has 3 rings (SSSR count). The fraction of sp³-hybridized carbons (Fsp3) is 0.611. The van der Waals surface area contributed by atoms with Crippen LogP contribution >= 0.6 is 0 Å². The van der Waals surface area contributed by atoms with Gasteiger partial charge in [-0.1, -0.05) is 26.7 Å². The third-order valence-electron chi connectivity index (χ3n) is 5.12. The molecule has 1 saturated carbocycles. The first kappa shape index (κ1) is 14.4. The molecule has 0 saturated heterocycles. The van der Waals surface area contributed by atoms with E-state index in [0.717, 1.165) is 31.4 Å². The number of rotatable bonds is 2. The van der Waals surface area contributed by atoms with Gasteiger partial charge in [-0.15, -0.1) is 0 Å². The highest BCUT2D eigenvalue weighted by atomic mass is 16.1. The molecular formula is C18H26N2O. The zero-order valence-electron chi connectivity index (χ0n) is 13.2. The zero-order chi connectivity index (χ0) is 14.9. The Balaban J connectivity index is 1.73. The second-order valence-corrected chi connectivity index (χ2v) is 7.16. The van der Waals surface area contributed by atoms with Gasteiger partial charge in [0.2, 0.25) is 0 Å². The highest BCUT2D eigenvalue weighted by Crippen LogP contribution is 2.35. The fourth-order valence-electron chi connectivity index (χ4n) is 3.62. The number of hydrogen-bond donors (Lipinski definition) is 2. The van der Waals surface area contributed by atoms with Crippen LogP contribution in [0.1, 0.15) is 61.9 Å². The Bertz CT molecular complexity index is 536. The minimum Gasteiger partial charge on any atom is -0.385 e. The molecule has 2 aliphatic rings. The van der Waals surface area contributed by atoms with Crippen molar-refractivity contribution in [1.82, 2.24) is 5.32 Å². The van der Waals surface area contributed by atoms with Gasteiger partial charge in [0.05, 0.1) is 0 Å². The maximum Gasteiger partial charge on any atom is 0.251 e. The van der Waals surface area contributed by atoms with Crippen LogP contribution in [-0.4, -0.2) is 18.5 Å². The summed E-state index contributed by atoms with van der Waals surface area (Å²) in [6.07, 6.45) is 7.02. The van der Waals surface area contributed by atoms with E-state index in [4.69, 9.17) is 0 Å². The van der Waals surface area contributed by atoms with Crippen molar-refractivity contribution in [2.24, 2.45) is 5.41 Å². The average Bonchev–Trinajstić information content (AvgIpc) is 2.48. The van der Waals surface area contributed by atoms with Gasteiger partial charge in [0.25, 0.3) is 5.91 Å². The summed E-state index contributed by atoms with van der Waals surface area (Å²) in [6, 6.07) is 6.36. The molecule has 3 heteroatoms. The predicted molar refractivity (Wildman–Crippen MR) is 86.8 cm³/mol. The van der Waals surface area contributed by atoms with Crippen molar-refractivity contribution in [3.8, 4) is 0 Å². The summed E-state index contributed by atoms with van der Waals surface area (Å²) in [4.78, 5) is 12.6. The number of benzene rings is 1. The SMILES string of the molecule is CC1(C)CCCCC1NC(=O)c1ccc2c(c1)CCCN2. The van der Waals surface area contributed by atoms with E-state index in [2.05, 4.69) is 36.6 Å². The maximum atomic E-state index is 12.6. The van der Waals surface area contributed by atoms with Crippen LogP contribution in [0.4, 0.5) is 5.69 Å². The summed E-state index contributed by atoms with van der Waals surface area (Å²) in [5.74, 6) is 0.0864. The van der Waals surface area contributed by atoms with E-state index in [-0.39, 0.29) is 11.3 Å². The second-order valence-electron chi connectivity index (χ2n) is 7.16. The van der Waals surface area contributed by atoms with E-state index < -0.39 is 0 Å². The van der Waals surface area contributed by atoms with Crippen LogP contribution in [0.3, 0.4) is 0 Å². The maximum absolute atomic E-state index is 12.6. The molecule has 2 N–H and O–H groups in total. The van der Waals surface area contributed by atoms with Gasteiger partial charge in [0, 0.05) is 23.8 Å². The first-order chi connectivity index (χ1) is 10.1. The van der Waals surface area contributed by atoms with E-state index in [1.807, 2.05) is 6.07 Å². The lowest BCUT2D eigenvalue weighted by Gasteiger charge is -2.39. The molecule has 0 radical (unpaired) electrons. The van der Waals surface area contributed by atoms with Crippen LogP contribution in [0.15, 0.2) is 18.2 Å². The molecule has 1 fully saturated rings. The van der Waals surface area contributed by atoms with Crippen molar-refractivity contribution in [2.75, 3.05) is 11.9 Å². The quantitative estimate of drug-likeness (QED) is 0.869. The van der Waals surface area contributed by atoms with Crippen LogP contribution in [-0.2, 0) is 6.42 Å². The van der Waals surface area contributed by atoms with E-state index >= 15 is 0 Å². The molecule has 1 amide bonds. The van der Waals surface area contributed by atoms with Crippen molar-refractivity contribution in [3.05, 3.63) is 29.3 Å². The standard InChI is InChI=1S/C18H26N2O/c1-18(2)10-4-3-7-16(18)20-17(21)14-8-9-15-13(12-14)6-5-11-19-15/h8-9,12,16,19H,3-7,10-11H2,1-2H3,(H,20,21). The number of amides is 1. The van der Waals surface area contributed by atoms with Crippen molar-refractivity contribution in [1.29, 1.82) is 0 Å². The highest BCUT2D eigenvalue weighted by Gasteiger charge is 2.33. The fourth-order valence-corrected chi connectivity index (χ4v) is 3.62. The topological polar surface area (TPSA) is 41.1 Å². The Hall–Kier alpha value is -1.51. The summed E-state index contributed by atoms with van der Waals surface area (Å²) in [6.45, 7) is 5.58. The predicted octanol–water partition coefficient (Wildman–Crippen LogP) is 3.74. The van der Waals surface area contributed by atoms with Gasteiger partial charge in [-0.3, -0.25) is 4.79 Å². The molecular weight excluding hydrogens is 260 g/mol. The lowest BCUT2D eigenvalue weighted by molar-refractivity contribution is 0.0853. The molecule has 114 valence electrons. The molecule has 1 aromatic carbocycles. The van der Waals surface area contributed by atoms with E-state index in [0.29, 0.717) is 6.04 Å². The van der Waals surface area contributed by atoms with Crippen molar-refractivity contribution in [3.63, 3.8) is 0 Å². The summed E-state index contributed by atoms with van der Waals surface area (Å²) < 4.78 is 0. The Morgan fingerprint density at radius 3 is 2.95 bits per heavy atom. The number of hydrogen-bond acceptors (Lipinski definition) is 2. The average molecular weight is 286 g/mol. The number of anilines is 1. The third-order valence-corrected chi connectivity index (χ3v) is 5.12. The number of nitrogens with one attached hydrogen (secondary N) is 2. The Labute approximate surface area is 127 Å². The number of fused-ring (bicyclic) bond motifs is 1. The number of carbonyl (C=O) groups excluding carboxylic acids is 1. The van der Waals surface area contributed by atoms with Crippen molar-refractivity contribution in [2.45, 2.75) is 58.4 Å². The van der Waals surface area contributed by atoms with Gasteiger partial charge < -0.3 is 10.6 Å². The van der Waals surface area contributed by atoms with Gasteiger partial charge >= 0.3 is 0 Å². The summed E-state index contributed by atoms with van der Waals surface area (Å²) in [5.41, 5.74) is 3.48. The van der Waals surface area contributed by atoms with Gasteiger partial charge in [0.15, 0.2) is 0 Å².